The molecule has 1 aromatic heterocycles. The van der Waals surface area contributed by atoms with Gasteiger partial charge in [0.25, 0.3) is 0 Å². The van der Waals surface area contributed by atoms with Gasteiger partial charge in [0.1, 0.15) is 0 Å². The molecule has 4 rings (SSSR count). The minimum Gasteiger partial charge on any atom is -0.338 e. The van der Waals surface area contributed by atoms with Gasteiger partial charge >= 0.3 is 0 Å². The fourth-order valence-electron chi connectivity index (χ4n) is 4.12. The zero-order valence-electron chi connectivity index (χ0n) is 18.9. The second-order valence-electron chi connectivity index (χ2n) is 8.78. The summed E-state index contributed by atoms with van der Waals surface area (Å²) in [6.07, 6.45) is 0.516. The third kappa shape index (κ3) is 5.86. The molecular weight excluding hydrogens is 454 g/mol. The van der Waals surface area contributed by atoms with Gasteiger partial charge in [-0.1, -0.05) is 86.3 Å². The highest BCUT2D eigenvalue weighted by atomic mass is 32.2. The lowest BCUT2D eigenvalue weighted by atomic mass is 10.1. The molecule has 33 heavy (non-hydrogen) atoms. The first-order chi connectivity index (χ1) is 15.8. The molecule has 1 atom stereocenters. The number of nitrogens with zero attached hydrogens (tertiary/aromatic N) is 2. The lowest BCUT2D eigenvalue weighted by Crippen LogP contribution is -2.44. The Labute approximate surface area is 199 Å². The molecule has 0 spiro atoms. The molecule has 1 fully saturated rings. The minimum absolute atomic E-state index is 0.0466. The van der Waals surface area contributed by atoms with E-state index in [-0.39, 0.29) is 35.1 Å². The highest BCUT2D eigenvalue weighted by Crippen LogP contribution is 2.33. The maximum absolute atomic E-state index is 13.2. The Morgan fingerprint density at radius 3 is 2.30 bits per heavy atom. The van der Waals surface area contributed by atoms with Gasteiger partial charge in [-0.05, 0) is 12.3 Å². The minimum atomic E-state index is -3.06. The van der Waals surface area contributed by atoms with Crippen molar-refractivity contribution in [1.29, 1.82) is 0 Å². The first-order valence-corrected chi connectivity index (χ1v) is 14.0. The van der Waals surface area contributed by atoms with E-state index in [0.717, 1.165) is 22.5 Å². The van der Waals surface area contributed by atoms with Crippen molar-refractivity contribution in [2.75, 3.05) is 23.8 Å². The fourth-order valence-corrected chi connectivity index (χ4v) is 6.61. The SMILES string of the molecule is CC(C)CN(C(=O)CSc1nc(-c2ccccc2)c(-c2ccccc2)[nH]1)[C@H]1CCS(=O)(=O)C1. The summed E-state index contributed by atoms with van der Waals surface area (Å²) in [6.45, 7) is 4.64. The van der Waals surface area contributed by atoms with Gasteiger partial charge in [0.2, 0.25) is 5.91 Å². The number of sulfone groups is 1. The van der Waals surface area contributed by atoms with Crippen LogP contribution in [0.25, 0.3) is 22.5 Å². The van der Waals surface area contributed by atoms with Crippen molar-refractivity contribution >= 4 is 27.5 Å². The maximum Gasteiger partial charge on any atom is 0.233 e. The van der Waals surface area contributed by atoms with Gasteiger partial charge in [-0.25, -0.2) is 13.4 Å². The molecule has 3 aromatic rings. The summed E-state index contributed by atoms with van der Waals surface area (Å²) >= 11 is 1.36. The number of nitrogens with one attached hydrogen (secondary N) is 1. The highest BCUT2D eigenvalue weighted by Gasteiger charge is 2.34. The Balaban J connectivity index is 1.55. The van der Waals surface area contributed by atoms with Gasteiger partial charge in [0, 0.05) is 23.7 Å². The fraction of sp³-hybridized carbons (Fsp3) is 0.360. The van der Waals surface area contributed by atoms with Crippen LogP contribution in [0.3, 0.4) is 0 Å². The van der Waals surface area contributed by atoms with Gasteiger partial charge in [0.05, 0.1) is 28.6 Å². The summed E-state index contributed by atoms with van der Waals surface area (Å²) < 4.78 is 24.0. The zero-order chi connectivity index (χ0) is 23.4. The largest absolute Gasteiger partial charge is 0.338 e. The van der Waals surface area contributed by atoms with Crippen LogP contribution in [0.4, 0.5) is 0 Å². The van der Waals surface area contributed by atoms with Crippen LogP contribution in [0, 0.1) is 5.92 Å². The van der Waals surface area contributed by atoms with Gasteiger partial charge < -0.3 is 9.88 Å². The Morgan fingerprint density at radius 1 is 1.09 bits per heavy atom. The molecule has 1 aliphatic rings. The van der Waals surface area contributed by atoms with Crippen LogP contribution in [0.5, 0.6) is 0 Å². The molecule has 1 N–H and O–H groups in total. The van der Waals surface area contributed by atoms with Crippen molar-refractivity contribution in [3.8, 4) is 22.5 Å². The van der Waals surface area contributed by atoms with Crippen LogP contribution < -0.4 is 0 Å². The number of aromatic amines is 1. The number of benzene rings is 2. The number of imidazole rings is 1. The van der Waals surface area contributed by atoms with Crippen LogP contribution in [0.15, 0.2) is 65.8 Å². The van der Waals surface area contributed by atoms with Crippen LogP contribution in [-0.2, 0) is 14.6 Å². The Bertz CT molecular complexity index is 1140. The smallest absolute Gasteiger partial charge is 0.233 e. The number of carbonyl (C=O) groups excluding carboxylic acids is 1. The monoisotopic (exact) mass is 483 g/mol. The number of hydrogen-bond donors (Lipinski definition) is 1. The van der Waals surface area contributed by atoms with E-state index in [1.165, 1.54) is 11.8 Å². The van der Waals surface area contributed by atoms with Gasteiger partial charge in [-0.2, -0.15) is 0 Å². The lowest BCUT2D eigenvalue weighted by Gasteiger charge is -2.29. The predicted octanol–water partition coefficient (Wildman–Crippen LogP) is 4.51. The summed E-state index contributed by atoms with van der Waals surface area (Å²) in [6, 6.07) is 19.8. The number of H-pyrrole nitrogens is 1. The van der Waals surface area contributed by atoms with Gasteiger partial charge in [-0.3, -0.25) is 4.79 Å². The first-order valence-electron chi connectivity index (χ1n) is 11.2. The van der Waals surface area contributed by atoms with E-state index in [9.17, 15) is 13.2 Å². The van der Waals surface area contributed by atoms with Crippen molar-refractivity contribution in [1.82, 2.24) is 14.9 Å². The molecule has 1 saturated heterocycles. The van der Waals surface area contributed by atoms with Crippen LogP contribution in [0.1, 0.15) is 20.3 Å². The van der Waals surface area contributed by atoms with E-state index in [1.807, 2.05) is 74.5 Å². The normalized spacial score (nSPS) is 17.4. The molecule has 174 valence electrons. The number of aromatic nitrogens is 2. The second kappa shape index (κ2) is 10.1. The summed E-state index contributed by atoms with van der Waals surface area (Å²) in [5.74, 6) is 0.646. The third-order valence-corrected chi connectivity index (χ3v) is 8.26. The van der Waals surface area contributed by atoms with Crippen molar-refractivity contribution in [3.05, 3.63) is 60.7 Å². The van der Waals surface area contributed by atoms with Gasteiger partial charge in [0.15, 0.2) is 15.0 Å². The standard InChI is InChI=1S/C25H29N3O3S2/c1-18(2)15-28(21-13-14-33(30,31)17-21)22(29)16-32-25-26-23(19-9-5-3-6-10-19)24(27-25)20-11-7-4-8-12-20/h3-12,18,21H,13-17H2,1-2H3,(H,26,27)/t21-/m0/s1. The lowest BCUT2D eigenvalue weighted by molar-refractivity contribution is -0.130. The molecule has 2 aromatic carbocycles. The topological polar surface area (TPSA) is 83.1 Å². The van der Waals surface area contributed by atoms with Crippen LogP contribution in [-0.4, -0.2) is 59.0 Å². The average Bonchev–Trinajstić information content (AvgIpc) is 3.40. The highest BCUT2D eigenvalue weighted by molar-refractivity contribution is 7.99. The van der Waals surface area contributed by atoms with E-state index in [0.29, 0.717) is 18.1 Å². The molecule has 1 amide bonds. The number of thioether (sulfide) groups is 1. The molecule has 1 aliphatic heterocycles. The van der Waals surface area contributed by atoms with Gasteiger partial charge in [-0.15, -0.1) is 0 Å². The number of rotatable bonds is 8. The van der Waals surface area contributed by atoms with Crippen molar-refractivity contribution in [2.45, 2.75) is 31.5 Å². The predicted molar refractivity (Wildman–Crippen MR) is 134 cm³/mol. The van der Waals surface area contributed by atoms with Crippen LogP contribution in [0.2, 0.25) is 0 Å². The summed E-state index contributed by atoms with van der Waals surface area (Å²) in [7, 11) is -3.06. The Morgan fingerprint density at radius 2 is 1.73 bits per heavy atom. The van der Waals surface area contributed by atoms with Crippen molar-refractivity contribution in [3.63, 3.8) is 0 Å². The molecule has 6 nitrogen and oxygen atoms in total. The summed E-state index contributed by atoms with van der Waals surface area (Å²) in [4.78, 5) is 23.1. The van der Waals surface area contributed by atoms with E-state index in [2.05, 4.69) is 4.98 Å². The molecule has 0 unspecified atom stereocenters. The summed E-state index contributed by atoms with van der Waals surface area (Å²) in [5, 5.41) is 0.671. The average molecular weight is 484 g/mol. The number of amides is 1. The van der Waals surface area contributed by atoms with E-state index in [1.54, 1.807) is 4.90 Å². The molecule has 0 bridgehead atoms. The van der Waals surface area contributed by atoms with Crippen molar-refractivity contribution < 1.29 is 13.2 Å². The Kier molecular flexibility index (Phi) is 7.24. The maximum atomic E-state index is 13.2. The molecule has 0 aliphatic carbocycles. The van der Waals surface area contributed by atoms with E-state index < -0.39 is 9.84 Å². The number of hydrogen-bond acceptors (Lipinski definition) is 5. The Hall–Kier alpha value is -2.58. The molecule has 8 heteroatoms. The van der Waals surface area contributed by atoms with Crippen molar-refractivity contribution in [2.24, 2.45) is 5.92 Å². The molecule has 0 radical (unpaired) electrons. The van der Waals surface area contributed by atoms with Crippen LogP contribution >= 0.6 is 11.8 Å². The zero-order valence-corrected chi connectivity index (χ0v) is 20.5. The summed E-state index contributed by atoms with van der Waals surface area (Å²) in [5.41, 5.74) is 3.79. The molecule has 0 saturated carbocycles. The van der Waals surface area contributed by atoms with E-state index >= 15 is 0 Å². The first kappa shape index (κ1) is 23.6. The molecular formula is C25H29N3O3S2. The second-order valence-corrected chi connectivity index (χ2v) is 12.0. The number of carbonyl (C=O) groups is 1. The quantitative estimate of drug-likeness (QED) is 0.477. The third-order valence-electron chi connectivity index (χ3n) is 5.66. The van der Waals surface area contributed by atoms with E-state index in [4.69, 9.17) is 4.98 Å². The molecule has 2 heterocycles.